The van der Waals surface area contributed by atoms with E-state index in [0.717, 1.165) is 18.5 Å². The van der Waals surface area contributed by atoms with E-state index in [1.165, 1.54) is 42.4 Å². The SMILES string of the molecule is CCC(CC)c1ccnc(-c2cccc3c2sc2cc(-c4ccccc4)ccc23)c1. The van der Waals surface area contributed by atoms with Gasteiger partial charge in [-0.15, -0.1) is 11.3 Å². The van der Waals surface area contributed by atoms with Crippen molar-refractivity contribution in [2.45, 2.75) is 32.6 Å². The number of nitrogens with zero attached hydrogens (tertiary/aromatic N) is 1. The van der Waals surface area contributed by atoms with Gasteiger partial charge < -0.3 is 0 Å². The van der Waals surface area contributed by atoms with Crippen LogP contribution >= 0.6 is 11.3 Å². The molecule has 0 atom stereocenters. The van der Waals surface area contributed by atoms with E-state index in [-0.39, 0.29) is 0 Å². The smallest absolute Gasteiger partial charge is 0.0719 e. The highest BCUT2D eigenvalue weighted by molar-refractivity contribution is 7.26. The minimum atomic E-state index is 0.599. The van der Waals surface area contributed by atoms with Crippen molar-refractivity contribution in [1.29, 1.82) is 0 Å². The second kappa shape index (κ2) is 8.04. The van der Waals surface area contributed by atoms with Gasteiger partial charge in [-0.25, -0.2) is 0 Å². The zero-order valence-electron chi connectivity index (χ0n) is 17.4. The van der Waals surface area contributed by atoms with Crippen LogP contribution in [0.3, 0.4) is 0 Å². The highest BCUT2D eigenvalue weighted by Gasteiger charge is 2.14. The molecule has 2 heterocycles. The normalized spacial score (nSPS) is 11.6. The number of fused-ring (bicyclic) bond motifs is 3. The average Bonchev–Trinajstić information content (AvgIpc) is 3.19. The summed E-state index contributed by atoms with van der Waals surface area (Å²) in [5.74, 6) is 0.599. The van der Waals surface area contributed by atoms with Crippen LogP contribution in [-0.4, -0.2) is 4.98 Å². The van der Waals surface area contributed by atoms with Gasteiger partial charge in [0, 0.05) is 31.9 Å². The molecule has 0 aliphatic carbocycles. The number of hydrogen-bond acceptors (Lipinski definition) is 2. The summed E-state index contributed by atoms with van der Waals surface area (Å²) in [6.45, 7) is 4.54. The first-order chi connectivity index (χ1) is 14.8. The first-order valence-electron chi connectivity index (χ1n) is 10.8. The molecular weight excluding hydrogens is 382 g/mol. The molecule has 0 amide bonds. The van der Waals surface area contributed by atoms with Crippen molar-refractivity contribution in [2.75, 3.05) is 0 Å². The van der Waals surface area contributed by atoms with Crippen molar-refractivity contribution >= 4 is 31.5 Å². The Bertz CT molecular complexity index is 1310. The van der Waals surface area contributed by atoms with Gasteiger partial charge in [-0.1, -0.05) is 74.5 Å². The molecule has 0 unspecified atom stereocenters. The fourth-order valence-corrected chi connectivity index (χ4v) is 5.68. The third kappa shape index (κ3) is 3.32. The molecule has 3 aromatic carbocycles. The minimum Gasteiger partial charge on any atom is -0.256 e. The van der Waals surface area contributed by atoms with Crippen LogP contribution in [0, 0.1) is 0 Å². The fourth-order valence-electron chi connectivity index (χ4n) is 4.42. The van der Waals surface area contributed by atoms with Crippen LogP contribution in [0.1, 0.15) is 38.2 Å². The van der Waals surface area contributed by atoms with Gasteiger partial charge in [0.15, 0.2) is 0 Å². The summed E-state index contributed by atoms with van der Waals surface area (Å²) in [6, 6.07) is 28.5. The van der Waals surface area contributed by atoms with E-state index in [9.17, 15) is 0 Å². The van der Waals surface area contributed by atoms with Crippen LogP contribution in [0.25, 0.3) is 42.6 Å². The molecule has 0 aliphatic heterocycles. The highest BCUT2D eigenvalue weighted by Crippen LogP contribution is 2.41. The van der Waals surface area contributed by atoms with Crippen molar-refractivity contribution in [3.63, 3.8) is 0 Å². The van der Waals surface area contributed by atoms with Crippen molar-refractivity contribution in [1.82, 2.24) is 4.98 Å². The summed E-state index contributed by atoms with van der Waals surface area (Å²) in [4.78, 5) is 4.75. The quantitative estimate of drug-likeness (QED) is 0.284. The van der Waals surface area contributed by atoms with E-state index in [4.69, 9.17) is 4.98 Å². The van der Waals surface area contributed by atoms with E-state index < -0.39 is 0 Å². The Morgan fingerprint density at radius 3 is 2.40 bits per heavy atom. The number of thiophene rings is 1. The van der Waals surface area contributed by atoms with Gasteiger partial charge in [-0.3, -0.25) is 4.98 Å². The first-order valence-corrected chi connectivity index (χ1v) is 11.6. The first kappa shape index (κ1) is 19.0. The number of aromatic nitrogens is 1. The summed E-state index contributed by atoms with van der Waals surface area (Å²) in [6.07, 6.45) is 4.30. The fraction of sp³-hybridized carbons (Fsp3) is 0.179. The van der Waals surface area contributed by atoms with Crippen molar-refractivity contribution < 1.29 is 0 Å². The van der Waals surface area contributed by atoms with Crippen molar-refractivity contribution in [3.8, 4) is 22.4 Å². The molecule has 0 radical (unpaired) electrons. The van der Waals surface area contributed by atoms with Gasteiger partial charge in [0.2, 0.25) is 0 Å². The van der Waals surface area contributed by atoms with Crippen LogP contribution in [0.2, 0.25) is 0 Å². The Hall–Kier alpha value is -2.97. The lowest BCUT2D eigenvalue weighted by Crippen LogP contribution is -1.96. The Labute approximate surface area is 182 Å². The summed E-state index contributed by atoms with van der Waals surface area (Å²) >= 11 is 1.88. The Kier molecular flexibility index (Phi) is 5.10. The summed E-state index contributed by atoms with van der Waals surface area (Å²) in [5.41, 5.74) is 6.25. The second-order valence-electron chi connectivity index (χ2n) is 7.85. The van der Waals surface area contributed by atoms with Gasteiger partial charge in [0.05, 0.1) is 5.69 Å². The van der Waals surface area contributed by atoms with Crippen LogP contribution in [0.5, 0.6) is 0 Å². The molecule has 0 saturated heterocycles. The lowest BCUT2D eigenvalue weighted by Gasteiger charge is -2.13. The van der Waals surface area contributed by atoms with E-state index in [2.05, 4.69) is 92.7 Å². The van der Waals surface area contributed by atoms with Crippen molar-refractivity contribution in [2.24, 2.45) is 0 Å². The minimum absolute atomic E-state index is 0.599. The van der Waals surface area contributed by atoms with Crippen molar-refractivity contribution in [3.05, 3.63) is 90.6 Å². The van der Waals surface area contributed by atoms with E-state index in [1.54, 1.807) is 0 Å². The van der Waals surface area contributed by atoms with Gasteiger partial charge >= 0.3 is 0 Å². The molecule has 0 spiro atoms. The maximum Gasteiger partial charge on any atom is 0.0719 e. The molecule has 0 fully saturated rings. The van der Waals surface area contributed by atoms with Crippen LogP contribution in [0.4, 0.5) is 0 Å². The maximum atomic E-state index is 4.75. The van der Waals surface area contributed by atoms with Gasteiger partial charge in [-0.2, -0.15) is 0 Å². The number of rotatable bonds is 5. The van der Waals surface area contributed by atoms with E-state index in [0.29, 0.717) is 5.92 Å². The standard InChI is InChI=1S/C28H25NS/c1-3-19(4-2)22-15-16-29-26(17-22)25-12-8-11-24-23-14-13-21(18-27(23)30-28(24)25)20-9-6-5-7-10-20/h5-19H,3-4H2,1-2H3. The molecule has 0 aliphatic rings. The zero-order valence-corrected chi connectivity index (χ0v) is 18.2. The Morgan fingerprint density at radius 1 is 0.767 bits per heavy atom. The zero-order chi connectivity index (χ0) is 20.5. The Balaban J connectivity index is 1.66. The largest absolute Gasteiger partial charge is 0.256 e. The molecular formula is C28H25NS. The maximum absolute atomic E-state index is 4.75. The molecule has 5 rings (SSSR count). The lowest BCUT2D eigenvalue weighted by atomic mass is 9.93. The van der Waals surface area contributed by atoms with Gasteiger partial charge in [-0.05, 0) is 53.6 Å². The molecule has 0 saturated carbocycles. The molecule has 148 valence electrons. The van der Waals surface area contributed by atoms with E-state index >= 15 is 0 Å². The Morgan fingerprint density at radius 2 is 1.60 bits per heavy atom. The predicted molar refractivity (Wildman–Crippen MR) is 131 cm³/mol. The average molecular weight is 408 g/mol. The molecule has 0 bridgehead atoms. The lowest BCUT2D eigenvalue weighted by molar-refractivity contribution is 0.641. The molecule has 2 heteroatoms. The third-order valence-corrected chi connectivity index (χ3v) is 7.32. The molecule has 0 N–H and O–H groups in total. The summed E-state index contributed by atoms with van der Waals surface area (Å²) < 4.78 is 2.65. The highest BCUT2D eigenvalue weighted by atomic mass is 32.1. The monoisotopic (exact) mass is 407 g/mol. The topological polar surface area (TPSA) is 12.9 Å². The third-order valence-electron chi connectivity index (χ3n) is 6.12. The van der Waals surface area contributed by atoms with Crippen LogP contribution in [-0.2, 0) is 0 Å². The predicted octanol–water partition coefficient (Wildman–Crippen LogP) is 8.69. The molecule has 1 nitrogen and oxygen atoms in total. The summed E-state index contributed by atoms with van der Waals surface area (Å²) in [5, 5.41) is 2.65. The van der Waals surface area contributed by atoms with Crippen LogP contribution < -0.4 is 0 Å². The molecule has 5 aromatic rings. The van der Waals surface area contributed by atoms with E-state index in [1.807, 2.05) is 17.5 Å². The summed E-state index contributed by atoms with van der Waals surface area (Å²) in [7, 11) is 0. The number of benzene rings is 3. The number of pyridine rings is 1. The number of hydrogen-bond donors (Lipinski definition) is 0. The van der Waals surface area contributed by atoms with Gasteiger partial charge in [0.1, 0.15) is 0 Å². The van der Waals surface area contributed by atoms with Gasteiger partial charge in [0.25, 0.3) is 0 Å². The van der Waals surface area contributed by atoms with Crippen LogP contribution in [0.15, 0.2) is 85.1 Å². The molecule has 30 heavy (non-hydrogen) atoms. The second-order valence-corrected chi connectivity index (χ2v) is 8.90. The molecule has 2 aromatic heterocycles.